The highest BCUT2D eigenvalue weighted by Crippen LogP contribution is 2.31. The highest BCUT2D eigenvalue weighted by Gasteiger charge is 2.35. The van der Waals surface area contributed by atoms with Crippen LogP contribution < -0.4 is 5.32 Å². The Hall–Kier alpha value is -2.06. The molecule has 0 unspecified atom stereocenters. The minimum absolute atomic E-state index is 0.00166. The van der Waals surface area contributed by atoms with Crippen molar-refractivity contribution in [2.24, 2.45) is 7.05 Å². The second-order valence-corrected chi connectivity index (χ2v) is 4.58. The van der Waals surface area contributed by atoms with Gasteiger partial charge in [-0.3, -0.25) is 4.68 Å². The van der Waals surface area contributed by atoms with Crippen molar-refractivity contribution in [2.75, 3.05) is 5.32 Å². The van der Waals surface area contributed by atoms with Crippen molar-refractivity contribution >= 4 is 6.01 Å². The molecule has 2 heterocycles. The largest absolute Gasteiger partial charge is 0.419 e. The summed E-state index contributed by atoms with van der Waals surface area (Å²) in [6.07, 6.45) is -3.65. The lowest BCUT2D eigenvalue weighted by Crippen LogP contribution is -2.13. The van der Waals surface area contributed by atoms with E-state index in [-0.39, 0.29) is 24.2 Å². The molecule has 20 heavy (non-hydrogen) atoms. The van der Waals surface area contributed by atoms with E-state index in [4.69, 9.17) is 4.42 Å². The maximum Gasteiger partial charge on any atom is 0.419 e. The smallest absolute Gasteiger partial charge is 0.408 e. The summed E-state index contributed by atoms with van der Waals surface area (Å²) in [5, 5.41) is 13.8. The Balaban J connectivity index is 2.12. The predicted molar refractivity (Wildman–Crippen MR) is 63.9 cm³/mol. The Labute approximate surface area is 113 Å². The fraction of sp³-hybridized carbons (Fsp3) is 0.545. The molecule has 2 aromatic rings. The topological polar surface area (TPSA) is 68.8 Å². The SMILES string of the molecule is CC(C)c1nnc(NCc2c(C(F)(F)F)cnn2C)o1. The fourth-order valence-corrected chi connectivity index (χ4v) is 1.61. The van der Waals surface area contributed by atoms with Gasteiger partial charge >= 0.3 is 12.2 Å². The number of alkyl halides is 3. The number of nitrogens with zero attached hydrogens (tertiary/aromatic N) is 4. The van der Waals surface area contributed by atoms with Crippen molar-refractivity contribution in [2.45, 2.75) is 32.5 Å². The van der Waals surface area contributed by atoms with Crippen LogP contribution in [-0.2, 0) is 19.8 Å². The van der Waals surface area contributed by atoms with Gasteiger partial charge in [0.2, 0.25) is 5.89 Å². The summed E-state index contributed by atoms with van der Waals surface area (Å²) < 4.78 is 44.7. The highest BCUT2D eigenvalue weighted by atomic mass is 19.4. The number of anilines is 1. The van der Waals surface area contributed by atoms with Gasteiger partial charge in [0.1, 0.15) is 0 Å². The predicted octanol–water partition coefficient (Wildman–Crippen LogP) is 2.56. The Morgan fingerprint density at radius 3 is 2.60 bits per heavy atom. The number of aromatic nitrogens is 4. The van der Waals surface area contributed by atoms with E-state index < -0.39 is 11.7 Å². The standard InChI is InChI=1S/C11H14F3N5O/c1-6(2)9-17-18-10(20-9)15-5-8-7(11(12,13)14)4-16-19(8)3/h4,6H,5H2,1-3H3,(H,15,18). The maximum absolute atomic E-state index is 12.8. The molecule has 0 atom stereocenters. The molecule has 6 nitrogen and oxygen atoms in total. The van der Waals surface area contributed by atoms with Gasteiger partial charge in [-0.2, -0.15) is 18.3 Å². The third kappa shape index (κ3) is 2.91. The van der Waals surface area contributed by atoms with Crippen LogP contribution in [0.25, 0.3) is 0 Å². The zero-order valence-corrected chi connectivity index (χ0v) is 11.2. The van der Waals surface area contributed by atoms with Crippen LogP contribution in [0.5, 0.6) is 0 Å². The van der Waals surface area contributed by atoms with Gasteiger partial charge in [0.25, 0.3) is 0 Å². The molecule has 0 aliphatic heterocycles. The van der Waals surface area contributed by atoms with E-state index in [0.29, 0.717) is 5.89 Å². The van der Waals surface area contributed by atoms with E-state index >= 15 is 0 Å². The zero-order valence-electron chi connectivity index (χ0n) is 11.2. The second kappa shape index (κ2) is 5.14. The van der Waals surface area contributed by atoms with Gasteiger partial charge in [0.15, 0.2) is 0 Å². The normalized spacial score (nSPS) is 12.2. The number of hydrogen-bond donors (Lipinski definition) is 1. The minimum Gasteiger partial charge on any atom is -0.408 e. The van der Waals surface area contributed by atoms with Gasteiger partial charge in [0, 0.05) is 13.0 Å². The summed E-state index contributed by atoms with van der Waals surface area (Å²) in [4.78, 5) is 0. The first-order chi connectivity index (χ1) is 9.29. The highest BCUT2D eigenvalue weighted by molar-refractivity contribution is 5.26. The summed E-state index contributed by atoms with van der Waals surface area (Å²) in [6.45, 7) is 3.64. The van der Waals surface area contributed by atoms with Crippen LogP contribution in [-0.4, -0.2) is 20.0 Å². The first-order valence-corrected chi connectivity index (χ1v) is 5.94. The van der Waals surface area contributed by atoms with E-state index in [1.807, 2.05) is 13.8 Å². The van der Waals surface area contributed by atoms with Gasteiger partial charge in [-0.05, 0) is 0 Å². The van der Waals surface area contributed by atoms with Crippen molar-refractivity contribution in [3.05, 3.63) is 23.3 Å². The van der Waals surface area contributed by atoms with E-state index in [2.05, 4.69) is 20.6 Å². The van der Waals surface area contributed by atoms with Crippen molar-refractivity contribution in [3.8, 4) is 0 Å². The lowest BCUT2D eigenvalue weighted by atomic mass is 10.2. The summed E-state index contributed by atoms with van der Waals surface area (Å²) >= 11 is 0. The average molecular weight is 289 g/mol. The monoisotopic (exact) mass is 289 g/mol. The quantitative estimate of drug-likeness (QED) is 0.936. The molecule has 0 saturated carbocycles. The average Bonchev–Trinajstić information content (AvgIpc) is 2.92. The number of halogens is 3. The molecule has 0 aromatic carbocycles. The Morgan fingerprint density at radius 2 is 2.05 bits per heavy atom. The molecule has 0 radical (unpaired) electrons. The summed E-state index contributed by atoms with van der Waals surface area (Å²) in [7, 11) is 1.44. The van der Waals surface area contributed by atoms with Crippen molar-refractivity contribution in [1.29, 1.82) is 0 Å². The lowest BCUT2D eigenvalue weighted by molar-refractivity contribution is -0.138. The van der Waals surface area contributed by atoms with Crippen LogP contribution in [0.1, 0.15) is 36.9 Å². The van der Waals surface area contributed by atoms with Crippen molar-refractivity contribution in [3.63, 3.8) is 0 Å². The molecule has 0 saturated heterocycles. The number of rotatable bonds is 4. The van der Waals surface area contributed by atoms with Gasteiger partial charge < -0.3 is 9.73 Å². The molecule has 0 bridgehead atoms. The number of hydrogen-bond acceptors (Lipinski definition) is 5. The van der Waals surface area contributed by atoms with E-state index in [0.717, 1.165) is 10.9 Å². The molecule has 0 fully saturated rings. The third-order valence-electron chi connectivity index (χ3n) is 2.71. The van der Waals surface area contributed by atoms with Crippen molar-refractivity contribution in [1.82, 2.24) is 20.0 Å². The van der Waals surface area contributed by atoms with E-state index in [9.17, 15) is 13.2 Å². The first-order valence-electron chi connectivity index (χ1n) is 5.94. The van der Waals surface area contributed by atoms with Crippen LogP contribution in [0, 0.1) is 0 Å². The molecule has 110 valence electrons. The van der Waals surface area contributed by atoms with Gasteiger partial charge in [0.05, 0.1) is 24.0 Å². The molecule has 0 aliphatic rings. The van der Waals surface area contributed by atoms with Gasteiger partial charge in [-0.1, -0.05) is 18.9 Å². The fourth-order valence-electron chi connectivity index (χ4n) is 1.61. The zero-order chi connectivity index (χ0) is 14.9. The van der Waals surface area contributed by atoms with Crippen LogP contribution in [0.15, 0.2) is 10.6 Å². The number of aryl methyl sites for hydroxylation is 1. The second-order valence-electron chi connectivity index (χ2n) is 4.58. The van der Waals surface area contributed by atoms with Crippen molar-refractivity contribution < 1.29 is 17.6 Å². The maximum atomic E-state index is 12.8. The first kappa shape index (κ1) is 14.4. The Kier molecular flexibility index (Phi) is 3.69. The van der Waals surface area contributed by atoms with Crippen LogP contribution >= 0.6 is 0 Å². The Bertz CT molecular complexity index is 587. The van der Waals surface area contributed by atoms with E-state index in [1.54, 1.807) is 0 Å². The number of nitrogens with one attached hydrogen (secondary N) is 1. The van der Waals surface area contributed by atoms with Crippen LogP contribution in [0.3, 0.4) is 0 Å². The minimum atomic E-state index is -4.44. The molecule has 2 aromatic heterocycles. The summed E-state index contributed by atoms with van der Waals surface area (Å²) in [5.74, 6) is 0.481. The molecular weight excluding hydrogens is 275 g/mol. The lowest BCUT2D eigenvalue weighted by Gasteiger charge is -2.09. The molecule has 1 N–H and O–H groups in total. The summed E-state index contributed by atoms with van der Waals surface area (Å²) in [6, 6.07) is 0.0861. The van der Waals surface area contributed by atoms with Gasteiger partial charge in [-0.25, -0.2) is 0 Å². The molecule has 0 amide bonds. The van der Waals surface area contributed by atoms with Crippen LogP contribution in [0.2, 0.25) is 0 Å². The third-order valence-corrected chi connectivity index (χ3v) is 2.71. The molecule has 2 rings (SSSR count). The molecule has 0 aliphatic carbocycles. The molecular formula is C11H14F3N5O. The van der Waals surface area contributed by atoms with E-state index in [1.165, 1.54) is 7.05 Å². The molecule has 0 spiro atoms. The Morgan fingerprint density at radius 1 is 1.35 bits per heavy atom. The molecule has 9 heteroatoms. The van der Waals surface area contributed by atoms with Gasteiger partial charge in [-0.15, -0.1) is 5.10 Å². The van der Waals surface area contributed by atoms with Crippen LogP contribution in [0.4, 0.5) is 19.2 Å². The summed E-state index contributed by atoms with van der Waals surface area (Å²) in [5.41, 5.74) is -0.780.